The lowest BCUT2D eigenvalue weighted by atomic mass is 10.0. The van der Waals surface area contributed by atoms with E-state index in [9.17, 15) is 4.79 Å². The maximum atomic E-state index is 11.6. The van der Waals surface area contributed by atoms with Gasteiger partial charge in [-0.1, -0.05) is 0 Å². The molecule has 0 aromatic carbocycles. The van der Waals surface area contributed by atoms with Crippen LogP contribution in [0.4, 0.5) is 5.95 Å². The molecule has 6 heteroatoms. The molecule has 1 saturated heterocycles. The highest BCUT2D eigenvalue weighted by molar-refractivity contribution is 9.10. The van der Waals surface area contributed by atoms with Gasteiger partial charge in [-0.2, -0.15) is 0 Å². The Kier molecular flexibility index (Phi) is 2.47. The zero-order chi connectivity index (χ0) is 11.1. The average molecular weight is 271 g/mol. The van der Waals surface area contributed by atoms with Crippen LogP contribution < -0.4 is 10.4 Å². The number of amides is 1. The molecular weight excluding hydrogens is 260 g/mol. The molecule has 1 aromatic rings. The normalized spacial score (nSPS) is 19.7. The summed E-state index contributed by atoms with van der Waals surface area (Å²) in [6.45, 7) is 3.92. The molecule has 1 fully saturated rings. The first-order valence-electron chi connectivity index (χ1n) is 4.56. The largest absolute Gasteiger partial charge is 0.273 e. The molecule has 1 N–H and O–H groups in total. The minimum atomic E-state index is -0.229. The van der Waals surface area contributed by atoms with Gasteiger partial charge in [0.05, 0.1) is 4.47 Å². The van der Waals surface area contributed by atoms with E-state index in [4.69, 9.17) is 0 Å². The molecule has 1 aliphatic heterocycles. The van der Waals surface area contributed by atoms with Crippen molar-refractivity contribution in [1.29, 1.82) is 0 Å². The van der Waals surface area contributed by atoms with Crippen molar-refractivity contribution >= 4 is 27.8 Å². The molecular formula is C9H11BrN4O. The zero-order valence-electron chi connectivity index (χ0n) is 8.49. The predicted molar refractivity (Wildman–Crippen MR) is 59.0 cm³/mol. The van der Waals surface area contributed by atoms with Crippen molar-refractivity contribution in [2.45, 2.75) is 25.8 Å². The van der Waals surface area contributed by atoms with Crippen LogP contribution in [-0.4, -0.2) is 21.4 Å². The second-order valence-electron chi connectivity index (χ2n) is 4.10. The Hall–Kier alpha value is -1.01. The smallest absolute Gasteiger partial charge is 0.247 e. The van der Waals surface area contributed by atoms with Crippen LogP contribution in [0.15, 0.2) is 16.9 Å². The van der Waals surface area contributed by atoms with Crippen LogP contribution >= 0.6 is 15.9 Å². The van der Waals surface area contributed by atoms with Crippen LogP contribution in [0, 0.1) is 0 Å². The summed E-state index contributed by atoms with van der Waals surface area (Å²) in [5.74, 6) is 0.371. The van der Waals surface area contributed by atoms with Crippen LogP contribution in [0.5, 0.6) is 0 Å². The summed E-state index contributed by atoms with van der Waals surface area (Å²) < 4.78 is 0.789. The van der Waals surface area contributed by atoms with Crippen molar-refractivity contribution in [3.63, 3.8) is 0 Å². The van der Waals surface area contributed by atoms with Crippen molar-refractivity contribution in [2.24, 2.45) is 0 Å². The van der Waals surface area contributed by atoms with Crippen molar-refractivity contribution in [2.75, 3.05) is 5.01 Å². The Balaban J connectivity index is 2.25. The predicted octanol–water partition coefficient (Wildman–Crippen LogP) is 1.26. The number of carbonyl (C=O) groups is 1. The van der Waals surface area contributed by atoms with Crippen molar-refractivity contribution < 1.29 is 4.79 Å². The molecule has 80 valence electrons. The number of nitrogens with one attached hydrogen (secondary N) is 1. The third-order valence-electron chi connectivity index (χ3n) is 2.06. The first-order valence-corrected chi connectivity index (χ1v) is 5.35. The van der Waals surface area contributed by atoms with Gasteiger partial charge in [-0.05, 0) is 29.8 Å². The monoisotopic (exact) mass is 270 g/mol. The van der Waals surface area contributed by atoms with E-state index in [2.05, 4.69) is 31.3 Å². The SMILES string of the molecule is CC1(C)CC(=O)N(c2ncc(Br)cn2)N1. The van der Waals surface area contributed by atoms with Crippen LogP contribution in [0.3, 0.4) is 0 Å². The molecule has 1 aromatic heterocycles. The summed E-state index contributed by atoms with van der Waals surface area (Å²) >= 11 is 3.24. The molecule has 0 unspecified atom stereocenters. The zero-order valence-corrected chi connectivity index (χ0v) is 10.1. The van der Waals surface area contributed by atoms with Gasteiger partial charge in [0.1, 0.15) is 0 Å². The first-order chi connectivity index (χ1) is 6.98. The summed E-state index contributed by atoms with van der Waals surface area (Å²) in [5.41, 5.74) is 2.83. The van der Waals surface area contributed by atoms with Gasteiger partial charge in [0.2, 0.25) is 11.9 Å². The van der Waals surface area contributed by atoms with Gasteiger partial charge in [0.15, 0.2) is 0 Å². The lowest BCUT2D eigenvalue weighted by Gasteiger charge is -2.19. The standard InChI is InChI=1S/C9H11BrN4O/c1-9(2)3-7(15)14(13-9)8-11-4-6(10)5-12-8/h4-5,13H,3H2,1-2H3. The second-order valence-corrected chi connectivity index (χ2v) is 5.02. The number of hydrazine groups is 1. The summed E-state index contributed by atoms with van der Waals surface area (Å²) in [4.78, 5) is 19.8. The van der Waals surface area contributed by atoms with Gasteiger partial charge in [0.25, 0.3) is 0 Å². The molecule has 0 aliphatic carbocycles. The minimum Gasteiger partial charge on any atom is -0.273 e. The number of nitrogens with zero attached hydrogens (tertiary/aromatic N) is 3. The number of aromatic nitrogens is 2. The van der Waals surface area contributed by atoms with E-state index < -0.39 is 0 Å². The highest BCUT2D eigenvalue weighted by Crippen LogP contribution is 2.22. The van der Waals surface area contributed by atoms with Gasteiger partial charge >= 0.3 is 0 Å². The number of hydrogen-bond donors (Lipinski definition) is 1. The van der Waals surface area contributed by atoms with E-state index in [1.807, 2.05) is 13.8 Å². The first kappa shape index (κ1) is 10.5. The van der Waals surface area contributed by atoms with Gasteiger partial charge in [-0.15, -0.1) is 0 Å². The van der Waals surface area contributed by atoms with Gasteiger partial charge in [0, 0.05) is 24.4 Å². The van der Waals surface area contributed by atoms with E-state index in [0.717, 1.165) is 4.47 Å². The maximum absolute atomic E-state index is 11.6. The van der Waals surface area contributed by atoms with Crippen LogP contribution in [-0.2, 0) is 4.79 Å². The molecule has 0 bridgehead atoms. The van der Waals surface area contributed by atoms with E-state index >= 15 is 0 Å². The quantitative estimate of drug-likeness (QED) is 0.835. The molecule has 0 saturated carbocycles. The molecule has 0 atom stereocenters. The third-order valence-corrected chi connectivity index (χ3v) is 2.47. The molecule has 2 rings (SSSR count). The lowest BCUT2D eigenvalue weighted by molar-refractivity contribution is -0.117. The second kappa shape index (κ2) is 3.53. The van der Waals surface area contributed by atoms with Crippen LogP contribution in [0.2, 0.25) is 0 Å². The average Bonchev–Trinajstić information content (AvgIpc) is 2.41. The number of halogens is 1. The Morgan fingerprint density at radius 2 is 2.07 bits per heavy atom. The van der Waals surface area contributed by atoms with E-state index in [1.165, 1.54) is 5.01 Å². The summed E-state index contributed by atoms with van der Waals surface area (Å²) in [5, 5.41) is 1.40. The fourth-order valence-electron chi connectivity index (χ4n) is 1.44. The van der Waals surface area contributed by atoms with Gasteiger partial charge in [-0.25, -0.2) is 20.4 Å². The fraction of sp³-hybridized carbons (Fsp3) is 0.444. The highest BCUT2D eigenvalue weighted by Gasteiger charge is 2.37. The molecule has 0 spiro atoms. The highest BCUT2D eigenvalue weighted by atomic mass is 79.9. The number of hydrogen-bond acceptors (Lipinski definition) is 4. The molecule has 0 radical (unpaired) electrons. The molecule has 2 heterocycles. The van der Waals surface area contributed by atoms with Crippen molar-refractivity contribution in [1.82, 2.24) is 15.4 Å². The Labute approximate surface area is 96.0 Å². The van der Waals surface area contributed by atoms with E-state index in [1.54, 1.807) is 12.4 Å². The Morgan fingerprint density at radius 1 is 1.47 bits per heavy atom. The molecule has 5 nitrogen and oxygen atoms in total. The van der Waals surface area contributed by atoms with Crippen LogP contribution in [0.1, 0.15) is 20.3 Å². The molecule has 1 amide bonds. The summed E-state index contributed by atoms with van der Waals surface area (Å²) in [6, 6.07) is 0. The van der Waals surface area contributed by atoms with E-state index in [-0.39, 0.29) is 11.4 Å². The summed E-state index contributed by atoms with van der Waals surface area (Å²) in [6.07, 6.45) is 3.68. The lowest BCUT2D eigenvalue weighted by Crippen LogP contribution is -2.43. The Bertz CT molecular complexity index is 390. The van der Waals surface area contributed by atoms with Gasteiger partial charge < -0.3 is 0 Å². The maximum Gasteiger partial charge on any atom is 0.247 e. The number of carbonyl (C=O) groups excluding carboxylic acids is 1. The number of rotatable bonds is 1. The molecule has 15 heavy (non-hydrogen) atoms. The van der Waals surface area contributed by atoms with Crippen molar-refractivity contribution in [3.05, 3.63) is 16.9 Å². The fourth-order valence-corrected chi connectivity index (χ4v) is 1.65. The molecule has 1 aliphatic rings. The minimum absolute atomic E-state index is 0.0117. The van der Waals surface area contributed by atoms with Crippen LogP contribution in [0.25, 0.3) is 0 Å². The summed E-state index contributed by atoms with van der Waals surface area (Å²) in [7, 11) is 0. The van der Waals surface area contributed by atoms with Gasteiger partial charge in [-0.3, -0.25) is 4.79 Å². The topological polar surface area (TPSA) is 58.1 Å². The Morgan fingerprint density at radius 3 is 2.53 bits per heavy atom. The van der Waals surface area contributed by atoms with Crippen molar-refractivity contribution in [3.8, 4) is 0 Å². The number of anilines is 1. The van der Waals surface area contributed by atoms with E-state index in [0.29, 0.717) is 12.4 Å². The third kappa shape index (κ3) is 2.15.